The Morgan fingerprint density at radius 1 is 1.25 bits per heavy atom. The summed E-state index contributed by atoms with van der Waals surface area (Å²) in [7, 11) is 0. The molecule has 0 atom stereocenters. The number of aromatic amines is 1. The number of nitrogens with one attached hydrogen (secondary N) is 1. The molecule has 4 rings (SSSR count). The minimum absolute atomic E-state index is 0.262. The van der Waals surface area contributed by atoms with Crippen LogP contribution in [0.5, 0.6) is 0 Å². The molecule has 7 heteroatoms. The van der Waals surface area contributed by atoms with Crippen molar-refractivity contribution < 1.29 is 0 Å². The molecule has 1 aliphatic heterocycles. The summed E-state index contributed by atoms with van der Waals surface area (Å²) in [6.45, 7) is 1.77. The number of hydrogen-bond donors (Lipinski definition) is 2. The summed E-state index contributed by atoms with van der Waals surface area (Å²) in [5.41, 5.74) is 7.53. The predicted molar refractivity (Wildman–Crippen MR) is 75.3 cm³/mol. The maximum atomic E-state index is 5.74. The molecule has 1 fully saturated rings. The number of nitrogens with zero attached hydrogens (tertiary/aromatic N) is 5. The quantitative estimate of drug-likeness (QED) is 0.717. The topological polar surface area (TPSA) is 96.6 Å². The van der Waals surface area contributed by atoms with E-state index in [4.69, 9.17) is 5.73 Å². The van der Waals surface area contributed by atoms with Gasteiger partial charge >= 0.3 is 0 Å². The largest absolute Gasteiger partial charge is 0.368 e. The van der Waals surface area contributed by atoms with Gasteiger partial charge in [-0.1, -0.05) is 6.07 Å². The van der Waals surface area contributed by atoms with E-state index in [0.717, 1.165) is 30.0 Å². The molecule has 0 unspecified atom stereocenters. The van der Waals surface area contributed by atoms with Crippen molar-refractivity contribution in [1.82, 2.24) is 25.1 Å². The van der Waals surface area contributed by atoms with Crippen LogP contribution in [0.2, 0.25) is 0 Å². The summed E-state index contributed by atoms with van der Waals surface area (Å²) >= 11 is 0. The Morgan fingerprint density at radius 3 is 2.95 bits per heavy atom. The summed E-state index contributed by atoms with van der Waals surface area (Å²) < 4.78 is 0. The van der Waals surface area contributed by atoms with Gasteiger partial charge in [0.2, 0.25) is 5.95 Å². The minimum atomic E-state index is 0.262. The molecule has 4 heterocycles. The van der Waals surface area contributed by atoms with E-state index in [0.29, 0.717) is 11.6 Å². The average Bonchev–Trinajstić information content (AvgIpc) is 2.86. The smallest absolute Gasteiger partial charge is 0.224 e. The highest BCUT2D eigenvalue weighted by Crippen LogP contribution is 2.33. The third kappa shape index (κ3) is 1.67. The molecule has 0 amide bonds. The predicted octanol–water partition coefficient (Wildman–Crippen LogP) is 0.934. The maximum absolute atomic E-state index is 5.74. The van der Waals surface area contributed by atoms with E-state index < -0.39 is 0 Å². The fourth-order valence-corrected chi connectivity index (χ4v) is 2.53. The monoisotopic (exact) mass is 267 g/mol. The van der Waals surface area contributed by atoms with Crippen molar-refractivity contribution in [1.29, 1.82) is 0 Å². The zero-order valence-corrected chi connectivity index (χ0v) is 10.7. The Bertz CT molecular complexity index is 746. The first kappa shape index (κ1) is 11.2. The molecular weight excluding hydrogens is 254 g/mol. The number of aromatic nitrogens is 5. The van der Waals surface area contributed by atoms with Crippen LogP contribution in [0.4, 0.5) is 11.8 Å². The molecule has 0 spiro atoms. The van der Waals surface area contributed by atoms with Crippen LogP contribution in [0.3, 0.4) is 0 Å². The Morgan fingerprint density at radius 2 is 2.15 bits per heavy atom. The number of nitrogens with two attached hydrogens (primary N) is 1. The van der Waals surface area contributed by atoms with Gasteiger partial charge < -0.3 is 10.6 Å². The van der Waals surface area contributed by atoms with Crippen LogP contribution in [0.1, 0.15) is 11.6 Å². The van der Waals surface area contributed by atoms with Crippen LogP contribution >= 0.6 is 0 Å². The summed E-state index contributed by atoms with van der Waals surface area (Å²) in [6, 6.07) is 6.01. The molecular formula is C13H13N7. The standard InChI is InChI=1S/C13H13N7/c14-13-17-11-9(5-16-19-11)12(18-13)20-6-8(7-20)10-3-1-2-4-15-10/h1-5,8H,6-7H2,(H3,14,16,17,18,19). The molecule has 0 saturated carbocycles. The van der Waals surface area contributed by atoms with Gasteiger partial charge in [-0.15, -0.1) is 0 Å². The lowest BCUT2D eigenvalue weighted by Gasteiger charge is -2.40. The second kappa shape index (κ2) is 4.16. The third-order valence-electron chi connectivity index (χ3n) is 3.59. The fourth-order valence-electron chi connectivity index (χ4n) is 2.53. The van der Waals surface area contributed by atoms with Crippen LogP contribution in [0.25, 0.3) is 11.0 Å². The van der Waals surface area contributed by atoms with Gasteiger partial charge in [0.05, 0.1) is 11.6 Å². The van der Waals surface area contributed by atoms with Crippen LogP contribution in [-0.2, 0) is 0 Å². The minimum Gasteiger partial charge on any atom is -0.368 e. The number of pyridine rings is 1. The molecule has 1 saturated heterocycles. The molecule has 3 aromatic heterocycles. The Hall–Kier alpha value is -2.70. The van der Waals surface area contributed by atoms with Crippen molar-refractivity contribution in [2.24, 2.45) is 0 Å². The number of nitrogen functional groups attached to an aromatic ring is 1. The third-order valence-corrected chi connectivity index (χ3v) is 3.59. The number of fused-ring (bicyclic) bond motifs is 1. The zero-order chi connectivity index (χ0) is 13.5. The number of anilines is 2. The molecule has 7 nitrogen and oxygen atoms in total. The molecule has 0 aliphatic carbocycles. The van der Waals surface area contributed by atoms with Gasteiger partial charge in [-0.2, -0.15) is 15.1 Å². The first-order valence-electron chi connectivity index (χ1n) is 6.44. The molecule has 100 valence electrons. The Kier molecular flexibility index (Phi) is 2.32. The van der Waals surface area contributed by atoms with Gasteiger partial charge in [-0.3, -0.25) is 10.1 Å². The molecule has 1 aliphatic rings. The molecule has 0 bridgehead atoms. The summed E-state index contributed by atoms with van der Waals surface area (Å²) in [6.07, 6.45) is 3.56. The van der Waals surface area contributed by atoms with E-state index >= 15 is 0 Å². The molecule has 0 aromatic carbocycles. The van der Waals surface area contributed by atoms with Crippen molar-refractivity contribution in [2.45, 2.75) is 5.92 Å². The van der Waals surface area contributed by atoms with E-state index in [9.17, 15) is 0 Å². The summed E-state index contributed by atoms with van der Waals surface area (Å²) in [5, 5.41) is 7.73. The van der Waals surface area contributed by atoms with E-state index in [2.05, 4.69) is 36.1 Å². The van der Waals surface area contributed by atoms with E-state index in [1.54, 1.807) is 6.20 Å². The second-order valence-corrected chi connectivity index (χ2v) is 4.89. The lowest BCUT2D eigenvalue weighted by molar-refractivity contribution is 0.510. The van der Waals surface area contributed by atoms with Gasteiger partial charge in [0.25, 0.3) is 0 Å². The van der Waals surface area contributed by atoms with E-state index in [-0.39, 0.29) is 5.95 Å². The highest BCUT2D eigenvalue weighted by atomic mass is 15.3. The van der Waals surface area contributed by atoms with Gasteiger partial charge in [-0.05, 0) is 12.1 Å². The van der Waals surface area contributed by atoms with Gasteiger partial charge in [0, 0.05) is 30.9 Å². The van der Waals surface area contributed by atoms with Gasteiger partial charge in [0.1, 0.15) is 5.82 Å². The number of H-pyrrole nitrogens is 1. The van der Waals surface area contributed by atoms with Crippen LogP contribution in [0.15, 0.2) is 30.6 Å². The number of rotatable bonds is 2. The molecule has 3 N–H and O–H groups in total. The highest BCUT2D eigenvalue weighted by molar-refractivity contribution is 5.87. The van der Waals surface area contributed by atoms with Crippen molar-refractivity contribution >= 4 is 22.8 Å². The lowest BCUT2D eigenvalue weighted by atomic mass is 9.95. The SMILES string of the molecule is Nc1nc(N2CC(c3ccccn3)C2)c2cn[nH]c2n1. The highest BCUT2D eigenvalue weighted by Gasteiger charge is 2.31. The van der Waals surface area contributed by atoms with Crippen molar-refractivity contribution in [2.75, 3.05) is 23.7 Å². The van der Waals surface area contributed by atoms with Crippen molar-refractivity contribution in [3.8, 4) is 0 Å². The Labute approximate surface area is 114 Å². The molecule has 3 aromatic rings. The summed E-state index contributed by atoms with van der Waals surface area (Å²) in [4.78, 5) is 15.0. The van der Waals surface area contributed by atoms with Crippen LogP contribution < -0.4 is 10.6 Å². The normalized spacial score (nSPS) is 15.5. The fraction of sp³-hybridized carbons (Fsp3) is 0.231. The number of hydrogen-bond acceptors (Lipinski definition) is 6. The Balaban J connectivity index is 1.62. The second-order valence-electron chi connectivity index (χ2n) is 4.89. The van der Waals surface area contributed by atoms with E-state index in [1.807, 2.05) is 18.3 Å². The first-order chi connectivity index (χ1) is 9.81. The van der Waals surface area contributed by atoms with Crippen molar-refractivity contribution in [3.63, 3.8) is 0 Å². The van der Waals surface area contributed by atoms with Crippen LogP contribution in [0, 0.1) is 0 Å². The molecule has 0 radical (unpaired) electrons. The average molecular weight is 267 g/mol. The molecule has 20 heavy (non-hydrogen) atoms. The maximum Gasteiger partial charge on any atom is 0.224 e. The summed E-state index contributed by atoms with van der Waals surface area (Å²) in [5.74, 6) is 1.54. The zero-order valence-electron chi connectivity index (χ0n) is 10.7. The van der Waals surface area contributed by atoms with Crippen molar-refractivity contribution in [3.05, 3.63) is 36.3 Å². The first-order valence-corrected chi connectivity index (χ1v) is 6.44. The van der Waals surface area contributed by atoms with Crippen LogP contribution in [-0.4, -0.2) is 38.2 Å². The van der Waals surface area contributed by atoms with Gasteiger partial charge in [0.15, 0.2) is 5.65 Å². The lowest BCUT2D eigenvalue weighted by Crippen LogP contribution is -2.46. The van der Waals surface area contributed by atoms with E-state index in [1.165, 1.54) is 0 Å². The van der Waals surface area contributed by atoms with Gasteiger partial charge in [-0.25, -0.2) is 0 Å².